The molecule has 2 aromatic rings. The van der Waals surface area contributed by atoms with Crippen molar-refractivity contribution in [2.24, 2.45) is 0 Å². The number of nitrogens with one attached hydrogen (secondary N) is 1. The van der Waals surface area contributed by atoms with Crippen LogP contribution in [-0.4, -0.2) is 54.3 Å². The van der Waals surface area contributed by atoms with Gasteiger partial charge in [0, 0.05) is 19.2 Å². The maximum atomic E-state index is 13.5. The molecule has 186 valence electrons. The van der Waals surface area contributed by atoms with E-state index in [1.165, 1.54) is 45.6 Å². The van der Waals surface area contributed by atoms with Crippen LogP contribution < -0.4 is 19.1 Å². The molecule has 1 N–H and O–H groups in total. The number of nitrogens with zero attached hydrogens (tertiary/aromatic N) is 1. The van der Waals surface area contributed by atoms with Gasteiger partial charge in [-0.15, -0.1) is 0 Å². The number of benzene rings is 2. The highest BCUT2D eigenvalue weighted by molar-refractivity contribution is 7.92. The second kappa shape index (κ2) is 12.6. The zero-order chi connectivity index (χ0) is 24.4. The van der Waals surface area contributed by atoms with Gasteiger partial charge in [0.1, 0.15) is 18.0 Å². The summed E-state index contributed by atoms with van der Waals surface area (Å²) in [5.41, 5.74) is 0.224. The summed E-state index contributed by atoms with van der Waals surface area (Å²) in [7, 11) is -1.11. The number of methoxy groups -OCH3 is 2. The lowest BCUT2D eigenvalue weighted by Gasteiger charge is -2.26. The fourth-order valence-electron chi connectivity index (χ4n) is 3.98. The van der Waals surface area contributed by atoms with Crippen LogP contribution in [0.5, 0.6) is 11.5 Å². The van der Waals surface area contributed by atoms with Crippen LogP contribution in [0.15, 0.2) is 53.4 Å². The predicted molar refractivity (Wildman–Crippen MR) is 131 cm³/mol. The molecular formula is C25H34N2O6S. The van der Waals surface area contributed by atoms with Crippen molar-refractivity contribution in [3.05, 3.63) is 48.5 Å². The topological polar surface area (TPSA) is 94.2 Å². The second-order valence-electron chi connectivity index (χ2n) is 8.20. The molecule has 0 aliphatic heterocycles. The Hall–Kier alpha value is -2.78. The number of anilines is 1. The average molecular weight is 491 g/mol. The molecule has 2 aromatic carbocycles. The Morgan fingerprint density at radius 3 is 2.44 bits per heavy atom. The largest absolute Gasteiger partial charge is 0.497 e. The molecule has 0 unspecified atom stereocenters. The van der Waals surface area contributed by atoms with Crippen molar-refractivity contribution in [3.8, 4) is 11.5 Å². The highest BCUT2D eigenvalue weighted by Gasteiger charge is 2.29. The van der Waals surface area contributed by atoms with E-state index in [0.717, 1.165) is 17.1 Å². The fraction of sp³-hybridized carbons (Fsp3) is 0.480. The Balaban J connectivity index is 1.71. The molecule has 0 aromatic heterocycles. The number of hydrogen-bond acceptors (Lipinski definition) is 6. The van der Waals surface area contributed by atoms with Crippen molar-refractivity contribution in [2.75, 3.05) is 38.2 Å². The zero-order valence-corrected chi connectivity index (χ0v) is 20.7. The van der Waals surface area contributed by atoms with Crippen LogP contribution in [0.1, 0.15) is 38.5 Å². The van der Waals surface area contributed by atoms with Gasteiger partial charge in [-0.25, -0.2) is 8.42 Å². The standard InChI is InChI=1S/C25H34N2O6S/c1-31-21-14-15-24(32-2)23(18-21)27(34(29,30)22-12-7-4-8-13-22)19-25(28)26-16-9-17-33-20-10-5-3-6-11-20/h4,7-8,12-15,18,20H,3,5-6,9-11,16-17,19H2,1-2H3,(H,26,28). The van der Waals surface area contributed by atoms with Crippen LogP contribution in [0.4, 0.5) is 5.69 Å². The number of sulfonamides is 1. The van der Waals surface area contributed by atoms with Gasteiger partial charge in [0.05, 0.1) is 30.9 Å². The van der Waals surface area contributed by atoms with Crippen molar-refractivity contribution in [1.82, 2.24) is 5.32 Å². The highest BCUT2D eigenvalue weighted by Crippen LogP contribution is 2.35. The van der Waals surface area contributed by atoms with Gasteiger partial charge in [0.2, 0.25) is 5.91 Å². The smallest absolute Gasteiger partial charge is 0.264 e. The molecule has 1 fully saturated rings. The van der Waals surface area contributed by atoms with Gasteiger partial charge in [0.25, 0.3) is 10.0 Å². The van der Waals surface area contributed by atoms with E-state index in [0.29, 0.717) is 37.2 Å². The maximum absolute atomic E-state index is 13.5. The number of carbonyl (C=O) groups is 1. The Kier molecular flexibility index (Phi) is 9.59. The van der Waals surface area contributed by atoms with Gasteiger partial charge < -0.3 is 19.5 Å². The molecule has 1 saturated carbocycles. The molecule has 1 amide bonds. The molecule has 0 spiro atoms. The van der Waals surface area contributed by atoms with E-state index in [2.05, 4.69) is 5.32 Å². The molecule has 0 radical (unpaired) electrons. The van der Waals surface area contributed by atoms with Crippen LogP contribution in [0.3, 0.4) is 0 Å². The van der Waals surface area contributed by atoms with Crippen LogP contribution in [0.25, 0.3) is 0 Å². The van der Waals surface area contributed by atoms with E-state index >= 15 is 0 Å². The van der Waals surface area contributed by atoms with Crippen molar-refractivity contribution >= 4 is 21.6 Å². The first-order valence-corrected chi connectivity index (χ1v) is 13.1. The summed E-state index contributed by atoms with van der Waals surface area (Å²) >= 11 is 0. The average Bonchev–Trinajstić information content (AvgIpc) is 2.87. The Bertz CT molecular complexity index is 1020. The number of rotatable bonds is 12. The molecule has 1 aliphatic carbocycles. The summed E-state index contributed by atoms with van der Waals surface area (Å²) in [6, 6.07) is 12.8. The summed E-state index contributed by atoms with van der Waals surface area (Å²) in [6.07, 6.45) is 6.87. The summed E-state index contributed by atoms with van der Waals surface area (Å²) in [6.45, 7) is 0.574. The molecule has 9 heteroatoms. The lowest BCUT2D eigenvalue weighted by molar-refractivity contribution is -0.119. The third-order valence-corrected chi connectivity index (χ3v) is 7.60. The van der Waals surface area contributed by atoms with Crippen LogP contribution in [0, 0.1) is 0 Å². The van der Waals surface area contributed by atoms with E-state index in [1.807, 2.05) is 0 Å². The van der Waals surface area contributed by atoms with Crippen molar-refractivity contribution in [3.63, 3.8) is 0 Å². The normalized spacial score (nSPS) is 14.4. The summed E-state index contributed by atoms with van der Waals surface area (Å²) in [5.74, 6) is 0.348. The van der Waals surface area contributed by atoms with E-state index < -0.39 is 22.5 Å². The van der Waals surface area contributed by atoms with Crippen LogP contribution >= 0.6 is 0 Å². The van der Waals surface area contributed by atoms with Gasteiger partial charge in [-0.2, -0.15) is 0 Å². The maximum Gasteiger partial charge on any atom is 0.264 e. The zero-order valence-electron chi connectivity index (χ0n) is 19.9. The van der Waals surface area contributed by atoms with Gasteiger partial charge in [-0.3, -0.25) is 9.10 Å². The molecule has 3 rings (SSSR count). The highest BCUT2D eigenvalue weighted by atomic mass is 32.2. The number of amides is 1. The van der Waals surface area contributed by atoms with E-state index in [9.17, 15) is 13.2 Å². The predicted octanol–water partition coefficient (Wildman–Crippen LogP) is 3.75. The molecule has 0 saturated heterocycles. The van der Waals surface area contributed by atoms with Crippen molar-refractivity contribution in [1.29, 1.82) is 0 Å². The minimum Gasteiger partial charge on any atom is -0.497 e. The first kappa shape index (κ1) is 25.8. The quantitative estimate of drug-likeness (QED) is 0.456. The molecule has 1 aliphatic rings. The fourth-order valence-corrected chi connectivity index (χ4v) is 5.42. The molecule has 8 nitrogen and oxygen atoms in total. The molecule has 0 bridgehead atoms. The third-order valence-electron chi connectivity index (χ3n) is 5.82. The van der Waals surface area contributed by atoms with Crippen LogP contribution in [-0.2, 0) is 19.6 Å². The number of hydrogen-bond donors (Lipinski definition) is 1. The summed E-state index contributed by atoms with van der Waals surface area (Å²) in [4.78, 5) is 12.9. The lowest BCUT2D eigenvalue weighted by Crippen LogP contribution is -2.41. The lowest BCUT2D eigenvalue weighted by atomic mass is 9.98. The van der Waals surface area contributed by atoms with Crippen molar-refractivity contribution < 1.29 is 27.4 Å². The van der Waals surface area contributed by atoms with Crippen molar-refractivity contribution in [2.45, 2.75) is 49.5 Å². The SMILES string of the molecule is COc1ccc(OC)c(N(CC(=O)NCCCOC2CCCCC2)S(=O)(=O)c2ccccc2)c1. The van der Waals surface area contributed by atoms with E-state index in [-0.39, 0.29) is 10.6 Å². The summed E-state index contributed by atoms with van der Waals surface area (Å²) < 4.78 is 44.7. The third kappa shape index (κ3) is 6.87. The Morgan fingerprint density at radius 1 is 1.03 bits per heavy atom. The van der Waals surface area contributed by atoms with Gasteiger partial charge in [0.15, 0.2) is 0 Å². The van der Waals surface area contributed by atoms with E-state index in [1.54, 1.807) is 36.4 Å². The first-order valence-electron chi connectivity index (χ1n) is 11.6. The molecule has 0 atom stereocenters. The van der Waals surface area contributed by atoms with Gasteiger partial charge in [-0.1, -0.05) is 37.5 Å². The van der Waals surface area contributed by atoms with Gasteiger partial charge in [-0.05, 0) is 43.5 Å². The minimum atomic E-state index is -4.04. The molecular weight excluding hydrogens is 456 g/mol. The van der Waals surface area contributed by atoms with E-state index in [4.69, 9.17) is 14.2 Å². The van der Waals surface area contributed by atoms with Gasteiger partial charge >= 0.3 is 0 Å². The summed E-state index contributed by atoms with van der Waals surface area (Å²) in [5, 5.41) is 2.81. The number of carbonyl (C=O) groups excluding carboxylic acids is 1. The number of ether oxygens (including phenoxy) is 3. The minimum absolute atomic E-state index is 0.0774. The Labute approximate surface area is 202 Å². The second-order valence-corrected chi connectivity index (χ2v) is 10.1. The Morgan fingerprint density at radius 2 is 1.76 bits per heavy atom. The van der Waals surface area contributed by atoms with Crippen LogP contribution in [0.2, 0.25) is 0 Å². The monoisotopic (exact) mass is 490 g/mol. The first-order chi connectivity index (χ1) is 16.5. The molecule has 34 heavy (non-hydrogen) atoms. The molecule has 0 heterocycles.